The molecule has 0 aromatic carbocycles. The van der Waals surface area contributed by atoms with Gasteiger partial charge in [0.2, 0.25) is 0 Å². The third-order valence-electron chi connectivity index (χ3n) is 3.30. The molecule has 0 N–H and O–H groups in total. The molecule has 0 fully saturated rings. The standard InChI is InChI=1S/C15H28O2/c1-5-6-7-8-9-13(4)15-14(12(2)3)16-10-11-17-15/h12-13H,5-11H2,1-4H3. The number of hydrogen-bond acceptors (Lipinski definition) is 2. The van der Waals surface area contributed by atoms with Gasteiger partial charge in [-0.1, -0.05) is 53.4 Å². The van der Waals surface area contributed by atoms with Crippen LogP contribution in [0.2, 0.25) is 0 Å². The van der Waals surface area contributed by atoms with Gasteiger partial charge >= 0.3 is 0 Å². The molecule has 0 spiro atoms. The van der Waals surface area contributed by atoms with E-state index in [1.165, 1.54) is 32.1 Å². The summed E-state index contributed by atoms with van der Waals surface area (Å²) < 4.78 is 11.6. The number of rotatable bonds is 7. The lowest BCUT2D eigenvalue weighted by Gasteiger charge is -2.27. The highest BCUT2D eigenvalue weighted by Crippen LogP contribution is 2.29. The molecular weight excluding hydrogens is 212 g/mol. The van der Waals surface area contributed by atoms with E-state index in [-0.39, 0.29) is 0 Å². The number of unbranched alkanes of at least 4 members (excludes halogenated alkanes) is 3. The van der Waals surface area contributed by atoms with Crippen molar-refractivity contribution in [1.82, 2.24) is 0 Å². The van der Waals surface area contributed by atoms with Crippen molar-refractivity contribution < 1.29 is 9.47 Å². The molecule has 0 bridgehead atoms. The predicted molar refractivity (Wildman–Crippen MR) is 71.7 cm³/mol. The molecule has 0 aromatic heterocycles. The lowest BCUT2D eigenvalue weighted by molar-refractivity contribution is 0.0334. The minimum absolute atomic E-state index is 0.434. The number of hydrogen-bond donors (Lipinski definition) is 0. The van der Waals surface area contributed by atoms with Crippen molar-refractivity contribution in [3.05, 3.63) is 11.5 Å². The van der Waals surface area contributed by atoms with Crippen LogP contribution in [-0.4, -0.2) is 13.2 Å². The Morgan fingerprint density at radius 3 is 2.18 bits per heavy atom. The first-order chi connectivity index (χ1) is 8.16. The SMILES string of the molecule is CCCCCCC(C)C1=C(C(C)C)OCCO1. The molecule has 1 aliphatic heterocycles. The summed E-state index contributed by atoms with van der Waals surface area (Å²) in [5.41, 5.74) is 0. The summed E-state index contributed by atoms with van der Waals surface area (Å²) in [6, 6.07) is 0. The van der Waals surface area contributed by atoms with Gasteiger partial charge in [0.05, 0.1) is 0 Å². The Labute approximate surface area is 106 Å². The second-order valence-electron chi connectivity index (χ2n) is 5.33. The van der Waals surface area contributed by atoms with Crippen molar-refractivity contribution in [2.24, 2.45) is 11.8 Å². The Balaban J connectivity index is 2.49. The van der Waals surface area contributed by atoms with Crippen LogP contribution in [0.1, 0.15) is 59.8 Å². The molecule has 0 saturated heterocycles. The average molecular weight is 240 g/mol. The molecule has 0 saturated carbocycles. The normalized spacial score (nSPS) is 17.9. The highest BCUT2D eigenvalue weighted by molar-refractivity contribution is 5.08. The van der Waals surface area contributed by atoms with E-state index >= 15 is 0 Å². The van der Waals surface area contributed by atoms with Crippen LogP contribution in [0.3, 0.4) is 0 Å². The summed E-state index contributed by atoms with van der Waals surface area (Å²) in [7, 11) is 0. The maximum atomic E-state index is 5.83. The van der Waals surface area contributed by atoms with Crippen molar-refractivity contribution in [3.8, 4) is 0 Å². The average Bonchev–Trinajstić information content (AvgIpc) is 2.34. The van der Waals surface area contributed by atoms with Crippen molar-refractivity contribution in [2.75, 3.05) is 13.2 Å². The van der Waals surface area contributed by atoms with Gasteiger partial charge in [-0.2, -0.15) is 0 Å². The van der Waals surface area contributed by atoms with Gasteiger partial charge in [-0.15, -0.1) is 0 Å². The smallest absolute Gasteiger partial charge is 0.137 e. The van der Waals surface area contributed by atoms with Crippen molar-refractivity contribution in [2.45, 2.75) is 59.8 Å². The fourth-order valence-corrected chi connectivity index (χ4v) is 2.29. The highest BCUT2D eigenvalue weighted by atomic mass is 16.6. The quantitative estimate of drug-likeness (QED) is 0.610. The Morgan fingerprint density at radius 1 is 0.941 bits per heavy atom. The third-order valence-corrected chi connectivity index (χ3v) is 3.30. The number of allylic oxidation sites excluding steroid dienone is 2. The summed E-state index contributed by atoms with van der Waals surface area (Å²) >= 11 is 0. The van der Waals surface area contributed by atoms with E-state index < -0.39 is 0 Å². The number of ether oxygens (including phenoxy) is 2. The minimum Gasteiger partial charge on any atom is -0.491 e. The van der Waals surface area contributed by atoms with Crippen molar-refractivity contribution >= 4 is 0 Å². The molecule has 2 heteroatoms. The summed E-state index contributed by atoms with van der Waals surface area (Å²) in [4.78, 5) is 0. The molecule has 17 heavy (non-hydrogen) atoms. The molecule has 0 amide bonds. The minimum atomic E-state index is 0.434. The van der Waals surface area contributed by atoms with Crippen LogP contribution in [0.25, 0.3) is 0 Å². The molecule has 0 radical (unpaired) electrons. The van der Waals surface area contributed by atoms with Crippen LogP contribution in [0, 0.1) is 11.8 Å². The van der Waals surface area contributed by atoms with Crippen molar-refractivity contribution in [3.63, 3.8) is 0 Å². The van der Waals surface area contributed by atoms with Gasteiger partial charge < -0.3 is 9.47 Å². The molecule has 1 unspecified atom stereocenters. The van der Waals surface area contributed by atoms with Crippen LogP contribution in [-0.2, 0) is 9.47 Å². The summed E-state index contributed by atoms with van der Waals surface area (Å²) in [5, 5.41) is 0. The summed E-state index contributed by atoms with van der Waals surface area (Å²) in [5.74, 6) is 3.13. The van der Waals surface area contributed by atoms with E-state index in [4.69, 9.17) is 9.47 Å². The third kappa shape index (κ3) is 4.61. The maximum absolute atomic E-state index is 5.83. The monoisotopic (exact) mass is 240 g/mol. The largest absolute Gasteiger partial charge is 0.491 e. The maximum Gasteiger partial charge on any atom is 0.137 e. The van der Waals surface area contributed by atoms with Crippen LogP contribution >= 0.6 is 0 Å². The summed E-state index contributed by atoms with van der Waals surface area (Å²) in [6.45, 7) is 10.3. The van der Waals surface area contributed by atoms with Gasteiger partial charge in [-0.05, 0) is 6.42 Å². The Morgan fingerprint density at radius 2 is 1.59 bits per heavy atom. The lowest BCUT2D eigenvalue weighted by Crippen LogP contribution is -2.21. The predicted octanol–water partition coefficient (Wildman–Crippen LogP) is 4.51. The molecule has 1 heterocycles. The van der Waals surface area contributed by atoms with E-state index in [0.717, 1.165) is 11.5 Å². The zero-order valence-electron chi connectivity index (χ0n) is 11.9. The van der Waals surface area contributed by atoms with Gasteiger partial charge in [0.15, 0.2) is 0 Å². The van der Waals surface area contributed by atoms with E-state index in [0.29, 0.717) is 25.0 Å². The summed E-state index contributed by atoms with van der Waals surface area (Å²) in [6.07, 6.45) is 6.50. The van der Waals surface area contributed by atoms with Gasteiger partial charge in [-0.3, -0.25) is 0 Å². The van der Waals surface area contributed by atoms with Crippen LogP contribution in [0.5, 0.6) is 0 Å². The van der Waals surface area contributed by atoms with Crippen LogP contribution in [0.15, 0.2) is 11.5 Å². The van der Waals surface area contributed by atoms with Gasteiger partial charge in [0, 0.05) is 11.8 Å². The first kappa shape index (κ1) is 14.4. The first-order valence-corrected chi connectivity index (χ1v) is 7.16. The van der Waals surface area contributed by atoms with E-state index in [9.17, 15) is 0 Å². The zero-order chi connectivity index (χ0) is 12.7. The van der Waals surface area contributed by atoms with Crippen LogP contribution in [0.4, 0.5) is 0 Å². The van der Waals surface area contributed by atoms with E-state index in [1.807, 2.05) is 0 Å². The fraction of sp³-hybridized carbons (Fsp3) is 0.867. The second-order valence-corrected chi connectivity index (χ2v) is 5.33. The topological polar surface area (TPSA) is 18.5 Å². The lowest BCUT2D eigenvalue weighted by atomic mass is 9.97. The van der Waals surface area contributed by atoms with Crippen molar-refractivity contribution in [1.29, 1.82) is 0 Å². The first-order valence-electron chi connectivity index (χ1n) is 7.16. The molecule has 1 atom stereocenters. The Bertz CT molecular complexity index is 243. The Kier molecular flexibility index (Phi) is 6.46. The fourth-order valence-electron chi connectivity index (χ4n) is 2.29. The van der Waals surface area contributed by atoms with E-state index in [2.05, 4.69) is 27.7 Å². The van der Waals surface area contributed by atoms with Gasteiger partial charge in [0.25, 0.3) is 0 Å². The van der Waals surface area contributed by atoms with E-state index in [1.54, 1.807) is 0 Å². The van der Waals surface area contributed by atoms with Gasteiger partial charge in [-0.25, -0.2) is 0 Å². The second kappa shape index (κ2) is 7.62. The molecular formula is C15H28O2. The molecule has 1 aliphatic rings. The highest BCUT2D eigenvalue weighted by Gasteiger charge is 2.22. The Hall–Kier alpha value is -0.660. The molecule has 0 aliphatic carbocycles. The molecule has 0 aromatic rings. The molecule has 100 valence electrons. The van der Waals surface area contributed by atoms with Crippen LogP contribution < -0.4 is 0 Å². The molecule has 2 nitrogen and oxygen atoms in total. The van der Waals surface area contributed by atoms with Gasteiger partial charge in [0.1, 0.15) is 24.7 Å². The molecule has 1 rings (SSSR count). The zero-order valence-corrected chi connectivity index (χ0v) is 11.9.